The zero-order valence-electron chi connectivity index (χ0n) is 75.8. The number of pyridine rings is 3. The molecule has 14 heteroatoms. The van der Waals surface area contributed by atoms with Gasteiger partial charge in [-0.2, -0.15) is 0 Å². The summed E-state index contributed by atoms with van der Waals surface area (Å²) in [6, 6.07) is 164. The maximum atomic E-state index is 6.54. The highest BCUT2D eigenvalue weighted by Gasteiger charge is 2.25. The smallest absolute Gasteiger partial charge is 0.164 e. The summed E-state index contributed by atoms with van der Waals surface area (Å²) in [6.07, 6.45) is 0. The van der Waals surface area contributed by atoms with E-state index >= 15 is 0 Å². The molecule has 9 heterocycles. The second kappa shape index (κ2) is 36.7. The number of rotatable bonds is 15. The summed E-state index contributed by atoms with van der Waals surface area (Å²) in [5, 5.41) is 9.79. The molecule has 0 spiro atoms. The van der Waals surface area contributed by atoms with E-state index in [0.29, 0.717) is 40.8 Å². The topological polar surface area (TPSA) is 168 Å². The normalized spacial score (nSPS) is 11.4. The van der Waals surface area contributed by atoms with Crippen LogP contribution in [0.5, 0.6) is 0 Å². The SMILES string of the molecule is c1ccc(-c2cc(-c3ccc(-c4ccc5oc6c7ccccc7nc(-c7ccccc7)c6c5c4)cc3)nc(-c3ccccc3)n2)cc1.c1ccc(-c2nc(-c3ccccc3)nc(-c3ccc(-c4ccc5oc6c7ccccc7nc(-c7ccccc7)c6c5c4)cc3)n2)cc1.c1ccc(-c2nc(-c3ccccc3)nc(-c3ccc(-c4ccc5sc6c7ccccc7nc(-c7ccccc7)c6c5c4)cc3)n2)cc1. The van der Waals surface area contributed by atoms with Crippen molar-refractivity contribution in [3.8, 4) is 169 Å². The minimum Gasteiger partial charge on any atom is -0.455 e. The van der Waals surface area contributed by atoms with Crippen LogP contribution in [0.25, 0.3) is 266 Å². The van der Waals surface area contributed by atoms with E-state index < -0.39 is 0 Å². The molecule has 0 bridgehead atoms. The quantitative estimate of drug-likeness (QED) is 0.0952. The first-order valence-corrected chi connectivity index (χ1v) is 47.6. The van der Waals surface area contributed by atoms with E-state index in [2.05, 4.69) is 249 Å². The molecule has 141 heavy (non-hydrogen) atoms. The Bertz CT molecular complexity index is 8320. The number of hydrogen-bond donors (Lipinski definition) is 0. The highest BCUT2D eigenvalue weighted by Crippen LogP contribution is 2.48. The van der Waals surface area contributed by atoms with Crippen molar-refractivity contribution in [2.45, 2.75) is 0 Å². The number of thiophene rings is 1. The summed E-state index contributed by atoms with van der Waals surface area (Å²) in [7, 11) is 0. The minimum atomic E-state index is 0.631. The third kappa shape index (κ3) is 16.5. The summed E-state index contributed by atoms with van der Waals surface area (Å²) in [5.74, 6) is 4.59. The number of furan rings is 2. The number of para-hydroxylation sites is 3. The molecule has 13 nitrogen and oxygen atoms in total. The van der Waals surface area contributed by atoms with Crippen molar-refractivity contribution < 1.29 is 8.83 Å². The first-order valence-electron chi connectivity index (χ1n) is 46.8. The Morgan fingerprint density at radius 3 is 0.745 bits per heavy atom. The fourth-order valence-electron chi connectivity index (χ4n) is 18.7. The lowest BCUT2D eigenvalue weighted by Gasteiger charge is -2.10. The van der Waals surface area contributed by atoms with Crippen LogP contribution >= 0.6 is 11.3 Å². The highest BCUT2D eigenvalue weighted by atomic mass is 32.1. The average Bonchev–Trinajstić information content (AvgIpc) is 1.59. The van der Waals surface area contributed by atoms with Crippen LogP contribution in [0.3, 0.4) is 0 Å². The lowest BCUT2D eigenvalue weighted by atomic mass is 9.98. The standard InChI is InChI=1S/C43H27N3O.C42H26N4O.C42H26N4S/c1-4-12-29(13-5-1)37-27-38(46-43(45-37)32-16-8-3-9-17-32)30-22-20-28(21-23-30)33-24-25-39-35(26-33)40-41(31-14-6-2-7-15-31)44-36-19-11-10-18-34(36)42(40)47-39;2*1-4-12-28(13-5-1)38-37-34-26-32(24-25-36(34)47-39(37)33-18-10-11-19-35(33)43-38)27-20-22-31(23-21-27)42-45-40(29-14-6-2-7-15-29)44-41(46-42)30-16-8-3-9-17-30/h1-27H;2*1-26H. The highest BCUT2D eigenvalue weighted by molar-refractivity contribution is 7.26. The van der Waals surface area contributed by atoms with E-state index in [-0.39, 0.29) is 0 Å². The lowest BCUT2D eigenvalue weighted by Crippen LogP contribution is -2.00. The lowest BCUT2D eigenvalue weighted by molar-refractivity contribution is 0.672. The Morgan fingerprint density at radius 1 is 0.156 bits per heavy atom. The molecular weight excluding hydrogens is 1740 g/mol. The predicted octanol–water partition coefficient (Wildman–Crippen LogP) is 33.0. The van der Waals surface area contributed by atoms with Gasteiger partial charge >= 0.3 is 0 Å². The fourth-order valence-corrected chi connectivity index (χ4v) is 20.0. The van der Waals surface area contributed by atoms with Crippen LogP contribution in [-0.4, -0.2) is 54.8 Å². The number of fused-ring (bicyclic) bond motifs is 15. The van der Waals surface area contributed by atoms with E-state index in [1.807, 2.05) is 242 Å². The van der Waals surface area contributed by atoms with Gasteiger partial charge in [0.15, 0.2) is 40.8 Å². The summed E-state index contributed by atoms with van der Waals surface area (Å²) in [4.78, 5) is 54.6. The van der Waals surface area contributed by atoms with Gasteiger partial charge in [0.1, 0.15) is 22.3 Å². The molecule has 0 unspecified atom stereocenters. The van der Waals surface area contributed by atoms with Gasteiger partial charge in [-0.25, -0.2) is 54.8 Å². The van der Waals surface area contributed by atoms with Crippen molar-refractivity contribution in [2.75, 3.05) is 0 Å². The zero-order chi connectivity index (χ0) is 93.5. The third-order valence-electron chi connectivity index (χ3n) is 25.8. The molecule has 0 atom stereocenters. The van der Waals surface area contributed by atoms with Crippen LogP contribution in [-0.2, 0) is 0 Å². The molecule has 0 amide bonds. The Labute approximate surface area is 814 Å². The van der Waals surface area contributed by atoms with Gasteiger partial charge in [0.2, 0.25) is 0 Å². The van der Waals surface area contributed by atoms with Crippen LogP contribution in [0, 0.1) is 0 Å². The maximum Gasteiger partial charge on any atom is 0.164 e. The van der Waals surface area contributed by atoms with Gasteiger partial charge < -0.3 is 8.83 Å². The maximum absolute atomic E-state index is 6.54. The number of hydrogen-bond acceptors (Lipinski definition) is 14. The molecule has 0 radical (unpaired) electrons. The monoisotopic (exact) mass is 1820 g/mol. The third-order valence-corrected chi connectivity index (χ3v) is 27.0. The summed E-state index contributed by atoms with van der Waals surface area (Å²) >= 11 is 1.84. The van der Waals surface area contributed by atoms with Crippen molar-refractivity contribution in [2.24, 2.45) is 0 Å². The zero-order valence-corrected chi connectivity index (χ0v) is 76.6. The number of benzene rings is 18. The van der Waals surface area contributed by atoms with E-state index in [0.717, 1.165) is 200 Å². The predicted molar refractivity (Wildman–Crippen MR) is 577 cm³/mol. The largest absolute Gasteiger partial charge is 0.455 e. The average molecular weight is 1820 g/mol. The molecule has 0 N–H and O–H groups in total. The Hall–Kier alpha value is -18.9. The van der Waals surface area contributed by atoms with Gasteiger partial charge in [0, 0.05) is 114 Å². The van der Waals surface area contributed by atoms with Crippen molar-refractivity contribution >= 4 is 108 Å². The van der Waals surface area contributed by atoms with Crippen LogP contribution in [0.4, 0.5) is 0 Å². The molecule has 27 rings (SSSR count). The van der Waals surface area contributed by atoms with Gasteiger partial charge in [0.05, 0.1) is 55.8 Å². The van der Waals surface area contributed by atoms with Gasteiger partial charge in [0.25, 0.3) is 0 Å². The summed E-state index contributed by atoms with van der Waals surface area (Å²) < 4.78 is 15.6. The van der Waals surface area contributed by atoms with Crippen LogP contribution in [0.15, 0.2) is 488 Å². The van der Waals surface area contributed by atoms with Gasteiger partial charge in [-0.05, 0) is 106 Å². The molecule has 9 aromatic heterocycles. The van der Waals surface area contributed by atoms with E-state index in [1.165, 1.54) is 25.6 Å². The Morgan fingerprint density at radius 2 is 0.397 bits per heavy atom. The van der Waals surface area contributed by atoms with Crippen molar-refractivity contribution in [3.05, 3.63) is 479 Å². The summed E-state index contributed by atoms with van der Waals surface area (Å²) in [5.41, 5.74) is 29.6. The second-order valence-electron chi connectivity index (χ2n) is 34.6. The molecular formula is C127H79N11O2S. The van der Waals surface area contributed by atoms with E-state index in [1.54, 1.807) is 0 Å². The van der Waals surface area contributed by atoms with E-state index in [4.69, 9.17) is 63.7 Å². The number of aromatic nitrogens is 11. The summed E-state index contributed by atoms with van der Waals surface area (Å²) in [6.45, 7) is 0. The van der Waals surface area contributed by atoms with Crippen molar-refractivity contribution in [1.29, 1.82) is 0 Å². The molecule has 0 aliphatic heterocycles. The molecule has 0 fully saturated rings. The van der Waals surface area contributed by atoms with Crippen LogP contribution in [0.2, 0.25) is 0 Å². The molecule has 0 aliphatic rings. The molecule has 0 saturated carbocycles. The van der Waals surface area contributed by atoms with Crippen molar-refractivity contribution in [1.82, 2.24) is 54.8 Å². The van der Waals surface area contributed by atoms with E-state index in [9.17, 15) is 0 Å². The fraction of sp³-hybridized carbons (Fsp3) is 0. The first kappa shape index (κ1) is 83.9. The Kier molecular flexibility index (Phi) is 21.9. The van der Waals surface area contributed by atoms with Crippen molar-refractivity contribution in [3.63, 3.8) is 0 Å². The molecule has 18 aromatic carbocycles. The van der Waals surface area contributed by atoms with Crippen LogP contribution < -0.4 is 0 Å². The van der Waals surface area contributed by atoms with Gasteiger partial charge in [-0.15, -0.1) is 11.3 Å². The van der Waals surface area contributed by atoms with Gasteiger partial charge in [-0.1, -0.05) is 406 Å². The molecule has 0 saturated heterocycles. The van der Waals surface area contributed by atoms with Gasteiger partial charge in [-0.3, -0.25) is 0 Å². The van der Waals surface area contributed by atoms with Crippen LogP contribution in [0.1, 0.15) is 0 Å². The minimum absolute atomic E-state index is 0.631. The molecule has 660 valence electrons. The Balaban J connectivity index is 0.000000111. The number of nitrogens with zero attached hydrogens (tertiary/aromatic N) is 11. The first-order chi connectivity index (χ1) is 69.8. The second-order valence-corrected chi connectivity index (χ2v) is 35.6. The molecule has 0 aliphatic carbocycles. The molecule has 27 aromatic rings.